The van der Waals surface area contributed by atoms with Crippen LogP contribution in [0.2, 0.25) is 0 Å². The van der Waals surface area contributed by atoms with E-state index in [1.54, 1.807) is 0 Å². The average Bonchev–Trinajstić information content (AvgIpc) is 2.65. The molecule has 90 valence electrons. The fourth-order valence-electron chi connectivity index (χ4n) is 2.68. The highest BCUT2D eigenvalue weighted by Crippen LogP contribution is 2.16. The van der Waals surface area contributed by atoms with Crippen LogP contribution >= 0.6 is 0 Å². The molecule has 0 aromatic rings. The molecule has 0 spiro atoms. The largest absolute Gasteiger partial charge is 0.312 e. The third-order valence-electron chi connectivity index (χ3n) is 3.77. The van der Waals surface area contributed by atoms with Crippen molar-refractivity contribution in [2.24, 2.45) is 5.92 Å². The van der Waals surface area contributed by atoms with Gasteiger partial charge in [-0.25, -0.2) is 0 Å². The van der Waals surface area contributed by atoms with Gasteiger partial charge >= 0.3 is 0 Å². The van der Waals surface area contributed by atoms with E-state index in [0.29, 0.717) is 6.04 Å². The van der Waals surface area contributed by atoms with Gasteiger partial charge in [0.15, 0.2) is 0 Å². The maximum absolute atomic E-state index is 3.73. The third-order valence-corrected chi connectivity index (χ3v) is 3.77. The van der Waals surface area contributed by atoms with Gasteiger partial charge in [0.05, 0.1) is 0 Å². The Morgan fingerprint density at radius 2 is 2.07 bits per heavy atom. The molecule has 0 unspecified atom stereocenters. The van der Waals surface area contributed by atoms with Gasteiger partial charge in [-0.05, 0) is 38.3 Å². The molecule has 1 rings (SSSR count). The first kappa shape index (κ1) is 13.0. The summed E-state index contributed by atoms with van der Waals surface area (Å²) in [5, 5.41) is 3.73. The molecule has 0 saturated carbocycles. The van der Waals surface area contributed by atoms with Gasteiger partial charge in [-0.1, -0.05) is 27.7 Å². The number of likely N-dealkylation sites (N-methyl/N-ethyl adjacent to an activating group) is 1. The minimum absolute atomic E-state index is 0.698. The Morgan fingerprint density at radius 1 is 1.33 bits per heavy atom. The lowest BCUT2D eigenvalue weighted by molar-refractivity contribution is 0.244. The third kappa shape index (κ3) is 3.76. The Morgan fingerprint density at radius 3 is 2.60 bits per heavy atom. The van der Waals surface area contributed by atoms with Crippen molar-refractivity contribution < 1.29 is 0 Å². The van der Waals surface area contributed by atoms with Crippen molar-refractivity contribution in [1.82, 2.24) is 10.2 Å². The van der Waals surface area contributed by atoms with Crippen molar-refractivity contribution in [3.63, 3.8) is 0 Å². The van der Waals surface area contributed by atoms with E-state index in [0.717, 1.165) is 12.0 Å². The Kier molecular flexibility index (Phi) is 5.62. The lowest BCUT2D eigenvalue weighted by atomic mass is 10.0. The topological polar surface area (TPSA) is 15.3 Å². The summed E-state index contributed by atoms with van der Waals surface area (Å²) in [5.41, 5.74) is 0. The van der Waals surface area contributed by atoms with Crippen LogP contribution in [0.1, 0.15) is 47.0 Å². The van der Waals surface area contributed by atoms with E-state index < -0.39 is 0 Å². The number of nitrogens with zero attached hydrogens (tertiary/aromatic N) is 1. The zero-order valence-electron chi connectivity index (χ0n) is 10.9. The highest BCUT2D eigenvalue weighted by atomic mass is 15.2. The number of hydrogen-bond donors (Lipinski definition) is 1. The van der Waals surface area contributed by atoms with Gasteiger partial charge in [0.1, 0.15) is 0 Å². The lowest BCUT2D eigenvalue weighted by Crippen LogP contribution is -2.43. The molecule has 0 aromatic heterocycles. The van der Waals surface area contributed by atoms with Crippen LogP contribution in [0.25, 0.3) is 0 Å². The normalized spacial score (nSPS) is 25.0. The van der Waals surface area contributed by atoms with Crippen LogP contribution in [-0.4, -0.2) is 36.6 Å². The SMILES string of the molecule is CC[C@H](NC[C@@H]1CCCN1CC)C(C)C. The van der Waals surface area contributed by atoms with Crippen LogP contribution in [0.4, 0.5) is 0 Å². The van der Waals surface area contributed by atoms with Crippen molar-refractivity contribution in [2.45, 2.75) is 59.0 Å². The molecule has 1 fully saturated rings. The van der Waals surface area contributed by atoms with E-state index in [9.17, 15) is 0 Å². The summed E-state index contributed by atoms with van der Waals surface area (Å²) in [6.45, 7) is 12.9. The van der Waals surface area contributed by atoms with E-state index in [1.807, 2.05) is 0 Å². The molecule has 2 atom stereocenters. The van der Waals surface area contributed by atoms with Gasteiger partial charge in [0, 0.05) is 18.6 Å². The van der Waals surface area contributed by atoms with Crippen LogP contribution in [0.15, 0.2) is 0 Å². The Labute approximate surface area is 95.4 Å². The van der Waals surface area contributed by atoms with Gasteiger partial charge in [-0.15, -0.1) is 0 Å². The predicted molar refractivity (Wildman–Crippen MR) is 67.2 cm³/mol. The monoisotopic (exact) mass is 212 g/mol. The van der Waals surface area contributed by atoms with Crippen LogP contribution in [-0.2, 0) is 0 Å². The van der Waals surface area contributed by atoms with Crippen molar-refractivity contribution in [1.29, 1.82) is 0 Å². The second kappa shape index (κ2) is 6.49. The van der Waals surface area contributed by atoms with Gasteiger partial charge in [-0.3, -0.25) is 4.90 Å². The fourth-order valence-corrected chi connectivity index (χ4v) is 2.68. The Balaban J connectivity index is 2.28. The summed E-state index contributed by atoms with van der Waals surface area (Å²) in [5.74, 6) is 0.756. The minimum atomic E-state index is 0.698. The molecule has 1 aliphatic rings. The minimum Gasteiger partial charge on any atom is -0.312 e. The van der Waals surface area contributed by atoms with Crippen LogP contribution < -0.4 is 5.32 Å². The molecule has 0 aromatic carbocycles. The molecular formula is C13H28N2. The Bertz CT molecular complexity index is 168. The molecule has 15 heavy (non-hydrogen) atoms. The maximum atomic E-state index is 3.73. The van der Waals surface area contributed by atoms with Gasteiger partial charge < -0.3 is 5.32 Å². The first-order valence-corrected chi connectivity index (χ1v) is 6.66. The molecule has 0 radical (unpaired) electrons. The van der Waals surface area contributed by atoms with E-state index in [1.165, 1.54) is 38.9 Å². The molecule has 1 saturated heterocycles. The predicted octanol–water partition coefficient (Wildman–Crippen LogP) is 2.49. The second-order valence-electron chi connectivity index (χ2n) is 5.09. The van der Waals surface area contributed by atoms with Crippen LogP contribution in [0.3, 0.4) is 0 Å². The van der Waals surface area contributed by atoms with Gasteiger partial charge in [0.25, 0.3) is 0 Å². The van der Waals surface area contributed by atoms with Crippen molar-refractivity contribution in [3.05, 3.63) is 0 Å². The van der Waals surface area contributed by atoms with E-state index in [-0.39, 0.29) is 0 Å². The number of nitrogens with one attached hydrogen (secondary N) is 1. The molecule has 1 N–H and O–H groups in total. The smallest absolute Gasteiger partial charge is 0.0221 e. The Hall–Kier alpha value is -0.0800. The van der Waals surface area contributed by atoms with Crippen LogP contribution in [0.5, 0.6) is 0 Å². The summed E-state index contributed by atoms with van der Waals surface area (Å²) in [7, 11) is 0. The molecule has 0 aliphatic carbocycles. The van der Waals surface area contributed by atoms with E-state index in [4.69, 9.17) is 0 Å². The average molecular weight is 212 g/mol. The van der Waals surface area contributed by atoms with Gasteiger partial charge in [-0.2, -0.15) is 0 Å². The quantitative estimate of drug-likeness (QED) is 0.728. The number of hydrogen-bond acceptors (Lipinski definition) is 2. The highest BCUT2D eigenvalue weighted by molar-refractivity contribution is 4.82. The summed E-state index contributed by atoms with van der Waals surface area (Å²) in [6, 6.07) is 1.49. The second-order valence-corrected chi connectivity index (χ2v) is 5.09. The summed E-state index contributed by atoms with van der Waals surface area (Å²) in [6.07, 6.45) is 4.02. The molecular weight excluding hydrogens is 184 g/mol. The van der Waals surface area contributed by atoms with Crippen molar-refractivity contribution >= 4 is 0 Å². The van der Waals surface area contributed by atoms with E-state index >= 15 is 0 Å². The maximum Gasteiger partial charge on any atom is 0.0221 e. The number of likely N-dealkylation sites (tertiary alicyclic amines) is 1. The van der Waals surface area contributed by atoms with Crippen molar-refractivity contribution in [3.8, 4) is 0 Å². The molecule has 1 heterocycles. The molecule has 1 aliphatic heterocycles. The summed E-state index contributed by atoms with van der Waals surface area (Å²) < 4.78 is 0. The molecule has 2 heteroatoms. The first-order chi connectivity index (χ1) is 7.19. The van der Waals surface area contributed by atoms with E-state index in [2.05, 4.69) is 37.9 Å². The fraction of sp³-hybridized carbons (Fsp3) is 1.00. The zero-order valence-corrected chi connectivity index (χ0v) is 10.9. The standard InChI is InChI=1S/C13H28N2/c1-5-13(11(3)4)14-10-12-8-7-9-15(12)6-2/h11-14H,5-10H2,1-4H3/t12-,13-/m0/s1. The summed E-state index contributed by atoms with van der Waals surface area (Å²) >= 11 is 0. The lowest BCUT2D eigenvalue weighted by Gasteiger charge is -2.27. The number of rotatable bonds is 6. The first-order valence-electron chi connectivity index (χ1n) is 6.66. The molecule has 0 bridgehead atoms. The van der Waals surface area contributed by atoms with Crippen LogP contribution in [0, 0.1) is 5.92 Å². The van der Waals surface area contributed by atoms with Gasteiger partial charge in [0.2, 0.25) is 0 Å². The highest BCUT2D eigenvalue weighted by Gasteiger charge is 2.23. The van der Waals surface area contributed by atoms with Crippen molar-refractivity contribution in [2.75, 3.05) is 19.6 Å². The molecule has 2 nitrogen and oxygen atoms in total. The summed E-state index contributed by atoms with van der Waals surface area (Å²) in [4.78, 5) is 2.61. The molecule has 0 amide bonds. The zero-order chi connectivity index (χ0) is 11.3.